The number of ether oxygens (including phenoxy) is 1. The summed E-state index contributed by atoms with van der Waals surface area (Å²) in [4.78, 5) is 44.2. The number of piperidine rings is 3. The molecule has 8 nitrogen and oxygen atoms in total. The van der Waals surface area contributed by atoms with Crippen LogP contribution in [0.15, 0.2) is 84.9 Å². The number of Topliss-reactive ketones (excluding diaryl/α,β-unsaturated/α-hetero) is 1. The monoisotopic (exact) mass is 616 g/mol. The van der Waals surface area contributed by atoms with Crippen molar-refractivity contribution in [2.75, 3.05) is 31.5 Å². The van der Waals surface area contributed by atoms with Crippen LogP contribution in [-0.2, 0) is 14.3 Å². The first kappa shape index (κ1) is 33.9. The number of esters is 1. The molecule has 3 fully saturated rings. The van der Waals surface area contributed by atoms with E-state index in [0.717, 1.165) is 42.5 Å². The van der Waals surface area contributed by atoms with Gasteiger partial charge in [-0.3, -0.25) is 14.4 Å². The van der Waals surface area contributed by atoms with Gasteiger partial charge in [0.1, 0.15) is 24.9 Å². The summed E-state index contributed by atoms with van der Waals surface area (Å²) in [5.74, 6) is -3.27. The van der Waals surface area contributed by atoms with Crippen molar-refractivity contribution in [1.82, 2.24) is 0 Å². The fourth-order valence-corrected chi connectivity index (χ4v) is 5.16. The summed E-state index contributed by atoms with van der Waals surface area (Å²) >= 11 is 0. The summed E-state index contributed by atoms with van der Waals surface area (Å²) in [7, 11) is 0. The van der Waals surface area contributed by atoms with Crippen molar-refractivity contribution in [2.45, 2.75) is 32.0 Å². The highest BCUT2D eigenvalue weighted by atomic mass is 19.4. The Morgan fingerprint density at radius 1 is 0.886 bits per heavy atom. The number of carboxylic acid groups (broad SMARTS) is 1. The van der Waals surface area contributed by atoms with Gasteiger partial charge in [-0.2, -0.15) is 13.2 Å². The van der Waals surface area contributed by atoms with Crippen molar-refractivity contribution in [3.05, 3.63) is 102 Å². The lowest BCUT2D eigenvalue weighted by Gasteiger charge is -2.51. The van der Waals surface area contributed by atoms with Gasteiger partial charge in [0.15, 0.2) is 6.10 Å². The number of alkyl halides is 3. The van der Waals surface area contributed by atoms with E-state index in [9.17, 15) is 31.9 Å². The third-order valence-corrected chi connectivity index (χ3v) is 7.28. The van der Waals surface area contributed by atoms with E-state index in [1.165, 1.54) is 25.1 Å². The van der Waals surface area contributed by atoms with E-state index >= 15 is 0 Å². The normalized spacial score (nSPS) is 20.1. The molecule has 3 heterocycles. The van der Waals surface area contributed by atoms with E-state index in [1.54, 1.807) is 18.2 Å². The lowest BCUT2D eigenvalue weighted by Crippen LogP contribution is -2.65. The zero-order chi connectivity index (χ0) is 32.3. The minimum Gasteiger partial charge on any atom is -0.542 e. The maximum atomic E-state index is 12.9. The third kappa shape index (κ3) is 10.3. The molecule has 6 rings (SSSR count). The number of hydrogen-bond donors (Lipinski definition) is 1. The number of quaternary nitrogens is 1. The number of benzene rings is 3. The van der Waals surface area contributed by atoms with Gasteiger partial charge in [0, 0.05) is 42.5 Å². The van der Waals surface area contributed by atoms with E-state index in [2.05, 4.69) is 5.32 Å². The first-order chi connectivity index (χ1) is 20.8. The quantitative estimate of drug-likeness (QED) is 0.190. The molecule has 3 aromatic rings. The number of carbonyl (C=O) groups is 4. The molecule has 0 aromatic heterocycles. The van der Waals surface area contributed by atoms with Crippen LogP contribution < -0.4 is 10.4 Å². The summed E-state index contributed by atoms with van der Waals surface area (Å²) < 4.78 is 50.7. The van der Waals surface area contributed by atoms with E-state index in [-0.39, 0.29) is 23.8 Å². The van der Waals surface area contributed by atoms with Gasteiger partial charge < -0.3 is 24.4 Å². The van der Waals surface area contributed by atoms with E-state index in [1.807, 2.05) is 48.5 Å². The highest BCUT2D eigenvalue weighted by Crippen LogP contribution is 2.35. The lowest BCUT2D eigenvalue weighted by atomic mass is 9.83. The first-order valence-corrected chi connectivity index (χ1v) is 13.8. The number of fused-ring (bicyclic) bond motifs is 3. The van der Waals surface area contributed by atoms with Crippen molar-refractivity contribution < 1.29 is 51.1 Å². The van der Waals surface area contributed by atoms with Crippen molar-refractivity contribution in [1.29, 1.82) is 0 Å². The Hall–Kier alpha value is -4.58. The zero-order valence-electron chi connectivity index (χ0n) is 23.9. The molecule has 1 atom stereocenters. The van der Waals surface area contributed by atoms with Gasteiger partial charge in [-0.15, -0.1) is 0 Å². The van der Waals surface area contributed by atoms with Gasteiger partial charge in [-0.05, 0) is 30.3 Å². The predicted molar refractivity (Wildman–Crippen MR) is 151 cm³/mol. The van der Waals surface area contributed by atoms with Crippen LogP contribution in [0, 0.1) is 11.7 Å². The largest absolute Gasteiger partial charge is 0.542 e. The lowest BCUT2D eigenvalue weighted by molar-refractivity contribution is -0.938. The number of hydrogen-bond acceptors (Lipinski definition) is 6. The second kappa shape index (κ2) is 15.2. The highest BCUT2D eigenvalue weighted by molar-refractivity contribution is 6.04. The molecule has 3 aliphatic rings. The van der Waals surface area contributed by atoms with Crippen LogP contribution in [0.2, 0.25) is 0 Å². The van der Waals surface area contributed by atoms with Crippen LogP contribution in [0.4, 0.5) is 23.2 Å². The number of ketones is 1. The van der Waals surface area contributed by atoms with Crippen molar-refractivity contribution >= 4 is 29.3 Å². The molecule has 0 radical (unpaired) electrons. The Bertz CT molecular complexity index is 1430. The Labute approximate surface area is 251 Å². The number of aliphatic carboxylic acids is 1. The Morgan fingerprint density at radius 3 is 1.95 bits per heavy atom. The summed E-state index contributed by atoms with van der Waals surface area (Å²) in [6, 6.07) is 24.1. The molecule has 0 saturated carbocycles. The number of carbonyl (C=O) groups excluding carboxylic acids is 4. The summed E-state index contributed by atoms with van der Waals surface area (Å²) in [5, 5.41) is 11.5. The van der Waals surface area contributed by atoms with Gasteiger partial charge in [-0.1, -0.05) is 54.6 Å². The van der Waals surface area contributed by atoms with Gasteiger partial charge in [0.25, 0.3) is 5.91 Å². The Kier molecular flexibility index (Phi) is 11.7. The number of amides is 1. The van der Waals surface area contributed by atoms with Crippen LogP contribution in [0.5, 0.6) is 0 Å². The third-order valence-electron chi connectivity index (χ3n) is 7.28. The highest BCUT2D eigenvalue weighted by Gasteiger charge is 2.48. The zero-order valence-corrected chi connectivity index (χ0v) is 23.9. The second-order valence-corrected chi connectivity index (χ2v) is 10.5. The van der Waals surface area contributed by atoms with Crippen LogP contribution in [0.1, 0.15) is 40.5 Å². The number of nitrogens with one attached hydrogen (secondary N) is 1. The van der Waals surface area contributed by atoms with Gasteiger partial charge in [0.05, 0.1) is 13.1 Å². The SMILES string of the molecule is CC(=O)O[C@H]1C[N+]2(CC(=O)c3ccccc3)CCC1CC2.O=C(Nc1ccccc1)c1cccc(F)c1.O=C([O-])C(F)(F)F. The molecular weight excluding hydrogens is 584 g/mol. The molecule has 2 bridgehead atoms. The summed E-state index contributed by atoms with van der Waals surface area (Å²) in [6.07, 6.45) is -3.09. The van der Waals surface area contributed by atoms with Crippen molar-refractivity contribution in [3.63, 3.8) is 0 Å². The van der Waals surface area contributed by atoms with Crippen LogP contribution >= 0.6 is 0 Å². The number of rotatable bonds is 6. The van der Waals surface area contributed by atoms with Crippen LogP contribution in [0.25, 0.3) is 0 Å². The number of carboxylic acids is 1. The maximum Gasteiger partial charge on any atom is 0.430 e. The molecule has 0 unspecified atom stereocenters. The van der Waals surface area contributed by atoms with Crippen LogP contribution in [-0.4, -0.2) is 66.6 Å². The molecule has 3 saturated heterocycles. The predicted octanol–water partition coefficient (Wildman–Crippen LogP) is 4.42. The second-order valence-electron chi connectivity index (χ2n) is 10.5. The molecule has 0 spiro atoms. The molecule has 44 heavy (non-hydrogen) atoms. The molecule has 3 aliphatic heterocycles. The van der Waals surface area contributed by atoms with Crippen molar-refractivity contribution in [2.24, 2.45) is 5.92 Å². The minimum atomic E-state index is -5.19. The fourth-order valence-electron chi connectivity index (χ4n) is 5.16. The topological polar surface area (TPSA) is 113 Å². The van der Waals surface area contributed by atoms with E-state index < -0.39 is 18.0 Å². The summed E-state index contributed by atoms with van der Waals surface area (Å²) in [6.45, 7) is 4.84. The molecular formula is C32H32F4N2O6. The van der Waals surface area contributed by atoms with Gasteiger partial charge in [-0.25, -0.2) is 4.39 Å². The number of anilines is 1. The standard InChI is InChI=1S/C17H22NO3.C13H10FNO.C2HF3O2/c1-13(19)21-17-12-18(9-7-15(17)8-10-18)11-16(20)14-5-3-2-4-6-14;14-11-6-4-5-10(9-11)13(16)15-12-7-2-1-3-8-12;3-2(4,5)1(6)7/h2-6,15,17H,7-12H2,1H3;1-9H,(H,15,16);(H,6,7)/q+1;;/p-1/t15?,17-,18?;;/m0../s1. The van der Waals surface area contributed by atoms with Gasteiger partial charge >= 0.3 is 12.1 Å². The average molecular weight is 617 g/mol. The number of nitrogens with zero attached hydrogens (tertiary/aromatic N) is 1. The first-order valence-electron chi connectivity index (χ1n) is 13.8. The van der Waals surface area contributed by atoms with Crippen molar-refractivity contribution in [3.8, 4) is 0 Å². The van der Waals surface area contributed by atoms with E-state index in [4.69, 9.17) is 14.6 Å². The molecule has 234 valence electrons. The fraction of sp³-hybridized carbons (Fsp3) is 0.312. The summed E-state index contributed by atoms with van der Waals surface area (Å²) in [5.41, 5.74) is 1.78. The van der Waals surface area contributed by atoms with Gasteiger partial charge in [0.2, 0.25) is 5.78 Å². The minimum absolute atomic E-state index is 0.00595. The smallest absolute Gasteiger partial charge is 0.430 e. The number of halogens is 4. The maximum absolute atomic E-state index is 12.9. The van der Waals surface area contributed by atoms with Crippen LogP contribution in [0.3, 0.4) is 0 Å². The molecule has 3 aromatic carbocycles. The molecule has 12 heteroatoms. The average Bonchev–Trinajstić information content (AvgIpc) is 2.98. The molecule has 1 N–H and O–H groups in total. The Balaban J connectivity index is 0.000000203. The molecule has 0 aliphatic carbocycles. The van der Waals surface area contributed by atoms with E-state index in [0.29, 0.717) is 23.7 Å². The molecule has 1 amide bonds. The Morgan fingerprint density at radius 2 is 1.43 bits per heavy atom. The number of para-hydroxylation sites is 1.